The van der Waals surface area contributed by atoms with Crippen LogP contribution in [0.2, 0.25) is 0 Å². The van der Waals surface area contributed by atoms with Gasteiger partial charge in [-0.3, -0.25) is 0 Å². The van der Waals surface area contributed by atoms with Gasteiger partial charge >= 0.3 is 0 Å². The smallest absolute Gasteiger partial charge is 0.0443 e. The Hall–Kier alpha value is -0.340. The second kappa shape index (κ2) is 12.1. The number of hydrogen-bond donors (Lipinski definition) is 2. The number of piperazine rings is 1. The highest BCUT2D eigenvalue weighted by Gasteiger charge is 2.15. The molecule has 0 amide bonds. The minimum absolute atomic E-state index is 0.296. The van der Waals surface area contributed by atoms with Gasteiger partial charge in [0.25, 0.3) is 0 Å². The van der Waals surface area contributed by atoms with Crippen molar-refractivity contribution in [3.05, 3.63) is 0 Å². The topological polar surface area (TPSA) is 56.2 Å². The van der Waals surface area contributed by atoms with Crippen molar-refractivity contribution in [2.24, 2.45) is 0 Å². The first-order chi connectivity index (χ1) is 8.28. The molecule has 104 valence electrons. The van der Waals surface area contributed by atoms with Crippen molar-refractivity contribution >= 4 is 0 Å². The molecular formula is C10H22F2N2O3. The average Bonchev–Trinajstić information content (AvgIpc) is 2.36. The van der Waals surface area contributed by atoms with E-state index in [9.17, 15) is 0 Å². The zero-order valence-corrected chi connectivity index (χ0v) is 10.0. The predicted molar refractivity (Wildman–Crippen MR) is 59.6 cm³/mol. The summed E-state index contributed by atoms with van der Waals surface area (Å²) in [5, 5.41) is 18.7. The van der Waals surface area contributed by atoms with E-state index in [0.717, 1.165) is 52.1 Å². The molecule has 5 nitrogen and oxygen atoms in total. The first kappa shape index (κ1) is 16.7. The van der Waals surface area contributed by atoms with Crippen LogP contribution in [-0.2, 0) is 5.15 Å². The van der Waals surface area contributed by atoms with Crippen LogP contribution >= 0.6 is 0 Å². The van der Waals surface area contributed by atoms with Crippen LogP contribution in [0, 0.1) is 0 Å². The van der Waals surface area contributed by atoms with Crippen molar-refractivity contribution in [2.75, 3.05) is 52.5 Å². The summed E-state index contributed by atoms with van der Waals surface area (Å²) >= 11 is 0. The van der Waals surface area contributed by atoms with Crippen LogP contribution in [0.5, 0.6) is 0 Å². The summed E-state index contributed by atoms with van der Waals surface area (Å²) in [6.45, 7) is 7.04. The van der Waals surface area contributed by atoms with Crippen LogP contribution in [-0.4, -0.2) is 72.5 Å². The van der Waals surface area contributed by atoms with Gasteiger partial charge in [-0.15, -0.1) is 0 Å². The Labute approximate surface area is 100 Å². The van der Waals surface area contributed by atoms with Crippen LogP contribution in [0.1, 0.15) is 12.8 Å². The van der Waals surface area contributed by atoms with E-state index in [4.69, 9.17) is 19.3 Å². The second-order valence-electron chi connectivity index (χ2n) is 3.90. The Morgan fingerprint density at radius 1 is 0.824 bits per heavy atom. The van der Waals surface area contributed by atoms with Crippen LogP contribution in [0.3, 0.4) is 0 Å². The van der Waals surface area contributed by atoms with Crippen LogP contribution in [0.25, 0.3) is 0 Å². The number of rotatable bonds is 6. The molecule has 1 aliphatic rings. The van der Waals surface area contributed by atoms with Crippen molar-refractivity contribution in [1.29, 1.82) is 0 Å². The SMILES string of the molecule is FOF.OCCCN1CCN(CCCO)CC1. The monoisotopic (exact) mass is 256 g/mol. The Kier molecular flexibility index (Phi) is 11.9. The summed E-state index contributed by atoms with van der Waals surface area (Å²) in [5.41, 5.74) is 0. The summed E-state index contributed by atoms with van der Waals surface area (Å²) in [7, 11) is 0. The van der Waals surface area contributed by atoms with E-state index in [1.54, 1.807) is 0 Å². The predicted octanol–water partition coefficient (Wildman–Crippen LogP) is 0.141. The number of nitrogens with zero attached hydrogens (tertiary/aromatic N) is 2. The third-order valence-electron chi connectivity index (χ3n) is 2.73. The molecule has 0 spiro atoms. The standard InChI is InChI=1S/C10H22N2O2.F2O/c13-9-1-3-11-5-7-12(8-6-11)4-2-10-14;1-3-2/h13-14H,1-10H2;. The second-order valence-corrected chi connectivity index (χ2v) is 3.90. The summed E-state index contributed by atoms with van der Waals surface area (Å²) in [5.74, 6) is 0. The van der Waals surface area contributed by atoms with Gasteiger partial charge in [0.05, 0.1) is 0 Å². The number of aliphatic hydroxyl groups is 2. The summed E-state index contributed by atoms with van der Waals surface area (Å²) in [6.07, 6.45) is 1.77. The largest absolute Gasteiger partial charge is 0.396 e. The van der Waals surface area contributed by atoms with Crippen molar-refractivity contribution in [3.63, 3.8) is 0 Å². The molecular weight excluding hydrogens is 234 g/mol. The summed E-state index contributed by atoms with van der Waals surface area (Å²) < 4.78 is 18.2. The molecule has 1 aliphatic heterocycles. The van der Waals surface area contributed by atoms with E-state index >= 15 is 0 Å². The molecule has 0 aromatic carbocycles. The lowest BCUT2D eigenvalue weighted by Gasteiger charge is -2.34. The molecule has 0 atom stereocenters. The third kappa shape index (κ3) is 9.37. The van der Waals surface area contributed by atoms with Gasteiger partial charge < -0.3 is 20.0 Å². The van der Waals surface area contributed by atoms with Crippen molar-refractivity contribution in [2.45, 2.75) is 12.8 Å². The normalized spacial score (nSPS) is 17.6. The Bertz CT molecular complexity index is 142. The number of aliphatic hydroxyl groups excluding tert-OH is 2. The van der Waals surface area contributed by atoms with Gasteiger partial charge in [-0.2, -0.15) is 0 Å². The fourth-order valence-electron chi connectivity index (χ4n) is 1.83. The Morgan fingerprint density at radius 2 is 1.12 bits per heavy atom. The van der Waals surface area contributed by atoms with Crippen molar-refractivity contribution in [3.8, 4) is 0 Å². The molecule has 1 fully saturated rings. The highest BCUT2D eigenvalue weighted by atomic mass is 19.6. The molecule has 7 heteroatoms. The first-order valence-electron chi connectivity index (χ1n) is 5.84. The van der Waals surface area contributed by atoms with Gasteiger partial charge in [0.2, 0.25) is 0 Å². The van der Waals surface area contributed by atoms with E-state index in [2.05, 4.69) is 9.80 Å². The quantitative estimate of drug-likeness (QED) is 0.708. The minimum Gasteiger partial charge on any atom is -0.396 e. The molecule has 0 unspecified atom stereocenters. The number of halogens is 2. The molecule has 0 aromatic rings. The summed E-state index contributed by atoms with van der Waals surface area (Å²) in [4.78, 5) is 4.79. The first-order valence-corrected chi connectivity index (χ1v) is 5.84. The summed E-state index contributed by atoms with van der Waals surface area (Å²) in [6, 6.07) is 0. The average molecular weight is 256 g/mol. The van der Waals surface area contributed by atoms with Crippen molar-refractivity contribution < 1.29 is 24.4 Å². The fraction of sp³-hybridized carbons (Fsp3) is 1.00. The van der Waals surface area contributed by atoms with E-state index in [-0.39, 0.29) is 0 Å². The molecule has 2 N–H and O–H groups in total. The molecule has 0 aliphatic carbocycles. The molecule has 0 aromatic heterocycles. The molecule has 0 saturated carbocycles. The lowest BCUT2D eigenvalue weighted by molar-refractivity contribution is -0.317. The van der Waals surface area contributed by atoms with Crippen molar-refractivity contribution in [1.82, 2.24) is 9.80 Å². The minimum atomic E-state index is 0.296. The van der Waals surface area contributed by atoms with E-state index in [0.29, 0.717) is 13.2 Å². The molecule has 1 saturated heterocycles. The van der Waals surface area contributed by atoms with Gasteiger partial charge in [0, 0.05) is 57.6 Å². The van der Waals surface area contributed by atoms with Gasteiger partial charge in [0.1, 0.15) is 0 Å². The van der Waals surface area contributed by atoms with E-state index in [1.165, 1.54) is 5.15 Å². The number of hydrogen-bond acceptors (Lipinski definition) is 5. The molecule has 1 rings (SSSR count). The van der Waals surface area contributed by atoms with Crippen LogP contribution < -0.4 is 0 Å². The third-order valence-corrected chi connectivity index (χ3v) is 2.73. The zero-order valence-electron chi connectivity index (χ0n) is 10.0. The van der Waals surface area contributed by atoms with Gasteiger partial charge in [-0.05, 0) is 21.9 Å². The lowest BCUT2D eigenvalue weighted by atomic mass is 10.2. The highest BCUT2D eigenvalue weighted by Crippen LogP contribution is 2.02. The molecule has 0 bridgehead atoms. The van der Waals surface area contributed by atoms with Gasteiger partial charge in [0.15, 0.2) is 0 Å². The maximum absolute atomic E-state index is 9.12. The van der Waals surface area contributed by atoms with E-state index < -0.39 is 0 Å². The van der Waals surface area contributed by atoms with E-state index in [1.807, 2.05) is 0 Å². The Balaban J connectivity index is 0.000000770. The lowest BCUT2D eigenvalue weighted by Crippen LogP contribution is -2.46. The fourth-order valence-corrected chi connectivity index (χ4v) is 1.83. The van der Waals surface area contributed by atoms with Crippen LogP contribution in [0.15, 0.2) is 0 Å². The van der Waals surface area contributed by atoms with Gasteiger partial charge in [-0.1, -0.05) is 0 Å². The highest BCUT2D eigenvalue weighted by molar-refractivity contribution is 4.71. The van der Waals surface area contributed by atoms with Crippen LogP contribution in [0.4, 0.5) is 9.05 Å². The Morgan fingerprint density at radius 3 is 1.35 bits per heavy atom. The molecule has 0 radical (unpaired) electrons. The molecule has 17 heavy (non-hydrogen) atoms. The molecule has 1 heterocycles. The maximum atomic E-state index is 9.12. The van der Waals surface area contributed by atoms with Gasteiger partial charge in [-0.25, -0.2) is 0 Å². The maximum Gasteiger partial charge on any atom is 0.0443 e. The zero-order chi connectivity index (χ0) is 12.9.